The van der Waals surface area contributed by atoms with Crippen LogP contribution in [0.4, 0.5) is 9.52 Å². The van der Waals surface area contributed by atoms with Gasteiger partial charge in [-0.1, -0.05) is 53.8 Å². The fraction of sp³-hybridized carbons (Fsp3) is 0.0476. The Morgan fingerprint density at radius 2 is 1.79 bits per heavy atom. The highest BCUT2D eigenvalue weighted by atomic mass is 32.2. The van der Waals surface area contributed by atoms with Gasteiger partial charge in [0, 0.05) is 17.5 Å². The first-order valence-electron chi connectivity index (χ1n) is 8.71. The molecule has 2 heterocycles. The number of nitrogens with zero attached hydrogens (tertiary/aromatic N) is 3. The molecule has 0 saturated heterocycles. The van der Waals surface area contributed by atoms with Gasteiger partial charge in [-0.15, -0.1) is 22.0 Å². The van der Waals surface area contributed by atoms with Crippen molar-refractivity contribution in [1.82, 2.24) is 15.2 Å². The number of benzene rings is 2. The van der Waals surface area contributed by atoms with Crippen LogP contribution in [0.3, 0.4) is 0 Å². The lowest BCUT2D eigenvalue weighted by atomic mass is 10.2. The van der Waals surface area contributed by atoms with Crippen LogP contribution in [0.5, 0.6) is 0 Å². The molecule has 0 aliphatic heterocycles. The highest BCUT2D eigenvalue weighted by Gasteiger charge is 2.16. The van der Waals surface area contributed by atoms with Crippen LogP contribution in [0.1, 0.15) is 15.9 Å². The van der Waals surface area contributed by atoms with Gasteiger partial charge >= 0.3 is 0 Å². The van der Waals surface area contributed by atoms with Crippen molar-refractivity contribution in [3.05, 3.63) is 89.9 Å². The summed E-state index contributed by atoms with van der Waals surface area (Å²) in [6.07, 6.45) is 1.64. The number of carbonyl (C=O) groups is 1. The molecule has 2 aromatic carbocycles. The molecule has 1 N–H and O–H groups in total. The standard InChI is InChI=1S/C21H15FN4OS2/c22-16-10-8-14(9-11-16)13-28-20-17(7-4-12-23-20)18(27)24-21-26-25-19(29-21)15-5-2-1-3-6-15/h1-12H,13H2,(H,24,26,27). The van der Waals surface area contributed by atoms with Crippen molar-refractivity contribution < 1.29 is 9.18 Å². The van der Waals surface area contributed by atoms with E-state index in [4.69, 9.17) is 0 Å². The maximum absolute atomic E-state index is 13.1. The molecule has 0 radical (unpaired) electrons. The molecule has 0 saturated carbocycles. The summed E-state index contributed by atoms with van der Waals surface area (Å²) in [5, 5.41) is 12.8. The molecule has 0 bridgehead atoms. The van der Waals surface area contributed by atoms with Gasteiger partial charge in [-0.2, -0.15) is 0 Å². The molecule has 0 aliphatic carbocycles. The van der Waals surface area contributed by atoms with Gasteiger partial charge in [-0.05, 0) is 29.8 Å². The zero-order valence-corrected chi connectivity index (χ0v) is 16.7. The maximum atomic E-state index is 13.1. The fourth-order valence-corrected chi connectivity index (χ4v) is 4.24. The minimum atomic E-state index is -0.296. The van der Waals surface area contributed by atoms with Gasteiger partial charge in [-0.25, -0.2) is 9.37 Å². The van der Waals surface area contributed by atoms with Gasteiger partial charge in [0.2, 0.25) is 5.13 Å². The Kier molecular flexibility index (Phi) is 5.92. The molecule has 144 valence electrons. The third-order valence-corrected chi connectivity index (χ3v) is 5.93. The third-order valence-electron chi connectivity index (χ3n) is 3.97. The van der Waals surface area contributed by atoms with Crippen molar-refractivity contribution in [2.24, 2.45) is 0 Å². The van der Waals surface area contributed by atoms with Crippen molar-refractivity contribution in [3.8, 4) is 10.6 Å². The summed E-state index contributed by atoms with van der Waals surface area (Å²) >= 11 is 2.73. The number of pyridine rings is 1. The van der Waals surface area contributed by atoms with Gasteiger partial charge in [0.25, 0.3) is 5.91 Å². The summed E-state index contributed by atoms with van der Waals surface area (Å²) in [5.74, 6) is 0.00759. The lowest BCUT2D eigenvalue weighted by Crippen LogP contribution is -2.13. The Labute approximate surface area is 175 Å². The Hall–Kier alpha value is -3.10. The average molecular weight is 423 g/mol. The number of aromatic nitrogens is 3. The quantitative estimate of drug-likeness (QED) is 0.428. The van der Waals surface area contributed by atoms with Crippen molar-refractivity contribution in [1.29, 1.82) is 0 Å². The second-order valence-corrected chi connectivity index (χ2v) is 7.95. The zero-order valence-electron chi connectivity index (χ0n) is 15.1. The molecule has 0 aliphatic rings. The van der Waals surface area contributed by atoms with Gasteiger partial charge in [0.1, 0.15) is 15.9 Å². The first kappa shape index (κ1) is 19.2. The van der Waals surface area contributed by atoms with Crippen LogP contribution in [0.15, 0.2) is 78.0 Å². The second-order valence-electron chi connectivity index (χ2n) is 6.00. The highest BCUT2D eigenvalue weighted by molar-refractivity contribution is 7.98. The molecule has 0 fully saturated rings. The third kappa shape index (κ3) is 4.85. The SMILES string of the molecule is O=C(Nc1nnc(-c2ccccc2)s1)c1cccnc1SCc1ccc(F)cc1. The molecule has 0 unspecified atom stereocenters. The molecule has 0 atom stereocenters. The summed E-state index contributed by atoms with van der Waals surface area (Å²) in [4.78, 5) is 17.1. The van der Waals surface area contributed by atoms with E-state index in [-0.39, 0.29) is 11.7 Å². The van der Waals surface area contributed by atoms with Crippen molar-refractivity contribution >= 4 is 34.1 Å². The smallest absolute Gasteiger partial charge is 0.260 e. The Morgan fingerprint density at radius 1 is 1.00 bits per heavy atom. The van der Waals surface area contributed by atoms with Crippen LogP contribution in [0.2, 0.25) is 0 Å². The second kappa shape index (κ2) is 8.93. The van der Waals surface area contributed by atoms with Gasteiger partial charge < -0.3 is 0 Å². The van der Waals surface area contributed by atoms with E-state index in [2.05, 4.69) is 20.5 Å². The van der Waals surface area contributed by atoms with E-state index in [0.717, 1.165) is 16.1 Å². The molecule has 29 heavy (non-hydrogen) atoms. The van der Waals surface area contributed by atoms with E-state index in [1.165, 1.54) is 35.2 Å². The molecule has 5 nitrogen and oxygen atoms in total. The maximum Gasteiger partial charge on any atom is 0.260 e. The van der Waals surface area contributed by atoms with E-state index >= 15 is 0 Å². The molecule has 0 spiro atoms. The monoisotopic (exact) mass is 422 g/mol. The summed E-state index contributed by atoms with van der Waals surface area (Å²) in [6.45, 7) is 0. The summed E-state index contributed by atoms with van der Waals surface area (Å²) in [7, 11) is 0. The number of hydrogen-bond acceptors (Lipinski definition) is 6. The van der Waals surface area contributed by atoms with E-state index in [0.29, 0.717) is 21.5 Å². The molecule has 4 aromatic rings. The number of anilines is 1. The van der Waals surface area contributed by atoms with Crippen molar-refractivity contribution in [3.63, 3.8) is 0 Å². The first-order chi connectivity index (χ1) is 14.2. The summed E-state index contributed by atoms with van der Waals surface area (Å²) in [5.41, 5.74) is 2.35. The van der Waals surface area contributed by atoms with Crippen LogP contribution < -0.4 is 5.32 Å². The average Bonchev–Trinajstić information content (AvgIpc) is 3.22. The molecular weight excluding hydrogens is 407 g/mol. The highest BCUT2D eigenvalue weighted by Crippen LogP contribution is 2.28. The summed E-state index contributed by atoms with van der Waals surface area (Å²) in [6, 6.07) is 19.4. The lowest BCUT2D eigenvalue weighted by molar-refractivity contribution is 0.102. The molecule has 4 rings (SSSR count). The van der Waals surface area contributed by atoms with Gasteiger partial charge in [0.05, 0.1) is 5.56 Å². The van der Waals surface area contributed by atoms with Crippen LogP contribution in [0, 0.1) is 5.82 Å². The van der Waals surface area contributed by atoms with Crippen LogP contribution in [-0.2, 0) is 5.75 Å². The first-order valence-corrected chi connectivity index (χ1v) is 10.5. The minimum Gasteiger partial charge on any atom is -0.296 e. The number of hydrogen-bond donors (Lipinski definition) is 1. The molecule has 1 amide bonds. The number of rotatable bonds is 6. The number of halogens is 1. The predicted octanol–water partition coefficient (Wildman–Crippen LogP) is 5.28. The lowest BCUT2D eigenvalue weighted by Gasteiger charge is -2.07. The minimum absolute atomic E-state index is 0.274. The largest absolute Gasteiger partial charge is 0.296 e. The Bertz CT molecular complexity index is 1120. The van der Waals surface area contributed by atoms with Crippen LogP contribution in [0.25, 0.3) is 10.6 Å². The van der Waals surface area contributed by atoms with E-state index in [1.807, 2.05) is 30.3 Å². The van der Waals surface area contributed by atoms with Crippen LogP contribution in [-0.4, -0.2) is 21.1 Å². The van der Waals surface area contributed by atoms with Crippen molar-refractivity contribution in [2.75, 3.05) is 5.32 Å². The number of thioether (sulfide) groups is 1. The van der Waals surface area contributed by atoms with Crippen molar-refractivity contribution in [2.45, 2.75) is 10.8 Å². The zero-order chi connectivity index (χ0) is 20.1. The topological polar surface area (TPSA) is 67.8 Å². The van der Waals surface area contributed by atoms with Gasteiger partial charge in [0.15, 0.2) is 0 Å². The van der Waals surface area contributed by atoms with Gasteiger partial charge in [-0.3, -0.25) is 10.1 Å². The summed E-state index contributed by atoms with van der Waals surface area (Å²) < 4.78 is 13.1. The predicted molar refractivity (Wildman–Crippen MR) is 113 cm³/mol. The van der Waals surface area contributed by atoms with E-state index in [9.17, 15) is 9.18 Å². The number of nitrogens with one attached hydrogen (secondary N) is 1. The Balaban J connectivity index is 1.46. The number of amides is 1. The number of carbonyl (C=O) groups excluding carboxylic acids is 1. The fourth-order valence-electron chi connectivity index (χ4n) is 2.55. The van der Waals surface area contributed by atoms with E-state index < -0.39 is 0 Å². The molecule has 8 heteroatoms. The van der Waals surface area contributed by atoms with E-state index in [1.54, 1.807) is 30.5 Å². The Morgan fingerprint density at radius 3 is 2.59 bits per heavy atom. The van der Waals surface area contributed by atoms with Crippen LogP contribution >= 0.6 is 23.1 Å². The molecular formula is C21H15FN4OS2. The normalized spacial score (nSPS) is 10.7. The molecule has 2 aromatic heterocycles.